The molecule has 0 atom stereocenters. The lowest BCUT2D eigenvalue weighted by Gasteiger charge is -2.12. The highest BCUT2D eigenvalue weighted by Crippen LogP contribution is 2.30. The van der Waals surface area contributed by atoms with E-state index in [1.165, 1.54) is 19.5 Å². The number of nitrogens with one attached hydrogen (secondary N) is 1. The standard InChI is InChI=1S/C12H9BrFN5O/c1-20-9-4-2-3-8(14)10(9)17-12-15-5-7(13)11-18-16-6-19(11)12/h2-6H,1H3,(H,15,17). The maximum Gasteiger partial charge on any atom is 0.214 e. The van der Waals surface area contributed by atoms with E-state index in [4.69, 9.17) is 4.74 Å². The number of aromatic nitrogens is 4. The Kier molecular flexibility index (Phi) is 3.23. The molecule has 0 aliphatic rings. The van der Waals surface area contributed by atoms with Gasteiger partial charge in [-0.3, -0.25) is 0 Å². The first-order chi connectivity index (χ1) is 9.70. The molecule has 0 fully saturated rings. The Balaban J connectivity index is 2.10. The van der Waals surface area contributed by atoms with E-state index >= 15 is 0 Å². The number of benzene rings is 1. The smallest absolute Gasteiger partial charge is 0.214 e. The van der Waals surface area contributed by atoms with Crippen LogP contribution in [0.3, 0.4) is 0 Å². The number of rotatable bonds is 3. The van der Waals surface area contributed by atoms with Gasteiger partial charge >= 0.3 is 0 Å². The number of hydrogen-bond donors (Lipinski definition) is 1. The fourth-order valence-electron chi connectivity index (χ4n) is 1.79. The lowest BCUT2D eigenvalue weighted by molar-refractivity contribution is 0.414. The highest BCUT2D eigenvalue weighted by atomic mass is 79.9. The zero-order chi connectivity index (χ0) is 14.1. The van der Waals surface area contributed by atoms with E-state index in [1.807, 2.05) is 0 Å². The number of halogens is 2. The maximum atomic E-state index is 13.9. The van der Waals surface area contributed by atoms with Gasteiger partial charge in [0.15, 0.2) is 11.5 Å². The summed E-state index contributed by atoms with van der Waals surface area (Å²) in [5.74, 6) is 0.336. The summed E-state index contributed by atoms with van der Waals surface area (Å²) in [4.78, 5) is 4.19. The summed E-state index contributed by atoms with van der Waals surface area (Å²) in [5, 5.41) is 10.7. The van der Waals surface area contributed by atoms with Crippen molar-refractivity contribution in [3.8, 4) is 5.75 Å². The minimum atomic E-state index is -0.435. The third-order valence-corrected chi connectivity index (χ3v) is 3.28. The molecule has 0 saturated heterocycles. The largest absolute Gasteiger partial charge is 0.494 e. The molecule has 0 aliphatic heterocycles. The van der Waals surface area contributed by atoms with Crippen LogP contribution in [-0.2, 0) is 0 Å². The first-order valence-corrected chi connectivity index (χ1v) is 6.44. The van der Waals surface area contributed by atoms with E-state index in [0.29, 0.717) is 21.8 Å². The van der Waals surface area contributed by atoms with Gasteiger partial charge in [0.05, 0.1) is 11.6 Å². The number of nitrogens with zero attached hydrogens (tertiary/aromatic N) is 4. The topological polar surface area (TPSA) is 64.3 Å². The lowest BCUT2D eigenvalue weighted by Crippen LogP contribution is -2.04. The van der Waals surface area contributed by atoms with Crippen molar-refractivity contribution in [3.63, 3.8) is 0 Å². The van der Waals surface area contributed by atoms with Gasteiger partial charge in [0.1, 0.15) is 17.8 Å². The Morgan fingerprint density at radius 1 is 1.40 bits per heavy atom. The molecule has 3 aromatic rings. The van der Waals surface area contributed by atoms with Crippen molar-refractivity contribution in [2.24, 2.45) is 0 Å². The Bertz CT molecular complexity index is 776. The second kappa shape index (κ2) is 5.04. The maximum absolute atomic E-state index is 13.9. The van der Waals surface area contributed by atoms with Crippen LogP contribution in [0.4, 0.5) is 16.0 Å². The van der Waals surface area contributed by atoms with Crippen LogP contribution >= 0.6 is 15.9 Å². The van der Waals surface area contributed by atoms with E-state index in [2.05, 4.69) is 36.4 Å². The summed E-state index contributed by atoms with van der Waals surface area (Å²) in [6, 6.07) is 4.57. The summed E-state index contributed by atoms with van der Waals surface area (Å²) in [7, 11) is 1.48. The molecule has 102 valence electrons. The van der Waals surface area contributed by atoms with Crippen LogP contribution in [0.5, 0.6) is 5.75 Å². The summed E-state index contributed by atoms with van der Waals surface area (Å²) < 4.78 is 21.3. The molecule has 0 saturated carbocycles. The number of ether oxygens (including phenoxy) is 1. The quantitative estimate of drug-likeness (QED) is 0.796. The second-order valence-corrected chi connectivity index (χ2v) is 4.75. The zero-order valence-corrected chi connectivity index (χ0v) is 11.9. The molecule has 1 aromatic carbocycles. The van der Waals surface area contributed by atoms with Gasteiger partial charge in [-0.05, 0) is 28.1 Å². The molecule has 2 aromatic heterocycles. The molecule has 0 amide bonds. The first kappa shape index (κ1) is 12.8. The van der Waals surface area contributed by atoms with Gasteiger partial charge in [-0.2, -0.15) is 0 Å². The number of anilines is 2. The van der Waals surface area contributed by atoms with Crippen LogP contribution in [0, 0.1) is 5.82 Å². The molecule has 3 rings (SSSR count). The van der Waals surface area contributed by atoms with E-state index in [9.17, 15) is 4.39 Å². The molecule has 20 heavy (non-hydrogen) atoms. The molecule has 0 bridgehead atoms. The van der Waals surface area contributed by atoms with Crippen LogP contribution in [0.1, 0.15) is 0 Å². The Hall–Kier alpha value is -2.22. The third-order valence-electron chi connectivity index (χ3n) is 2.72. The van der Waals surface area contributed by atoms with E-state index in [1.54, 1.807) is 22.7 Å². The van der Waals surface area contributed by atoms with Crippen LogP contribution in [0.25, 0.3) is 5.65 Å². The van der Waals surface area contributed by atoms with Crippen LogP contribution in [-0.4, -0.2) is 26.7 Å². The SMILES string of the molecule is COc1cccc(F)c1Nc1ncc(Br)c2nncn12. The van der Waals surface area contributed by atoms with Gasteiger partial charge in [-0.15, -0.1) is 10.2 Å². The third kappa shape index (κ3) is 2.07. The first-order valence-electron chi connectivity index (χ1n) is 5.64. The van der Waals surface area contributed by atoms with Crippen LogP contribution in [0.15, 0.2) is 35.2 Å². The number of methoxy groups -OCH3 is 1. The minimum Gasteiger partial charge on any atom is -0.494 e. The molecular formula is C12H9BrFN5O. The van der Waals surface area contributed by atoms with Crippen molar-refractivity contribution in [2.75, 3.05) is 12.4 Å². The summed E-state index contributed by atoms with van der Waals surface area (Å²) in [5.41, 5.74) is 0.789. The lowest BCUT2D eigenvalue weighted by atomic mass is 10.3. The fourth-order valence-corrected chi connectivity index (χ4v) is 2.16. The highest BCUT2D eigenvalue weighted by molar-refractivity contribution is 9.10. The van der Waals surface area contributed by atoms with Crippen molar-refractivity contribution in [3.05, 3.63) is 41.0 Å². The minimum absolute atomic E-state index is 0.208. The van der Waals surface area contributed by atoms with Crippen molar-refractivity contribution in [2.45, 2.75) is 0 Å². The van der Waals surface area contributed by atoms with Gasteiger partial charge in [-0.1, -0.05) is 6.07 Å². The van der Waals surface area contributed by atoms with Crippen LogP contribution in [0.2, 0.25) is 0 Å². The van der Waals surface area contributed by atoms with Gasteiger partial charge in [0, 0.05) is 6.20 Å². The number of para-hydroxylation sites is 1. The van der Waals surface area contributed by atoms with E-state index < -0.39 is 5.82 Å². The summed E-state index contributed by atoms with van der Waals surface area (Å²) in [6.07, 6.45) is 3.06. The van der Waals surface area contributed by atoms with Crippen LogP contribution < -0.4 is 10.1 Å². The summed E-state index contributed by atoms with van der Waals surface area (Å²) in [6.45, 7) is 0. The highest BCUT2D eigenvalue weighted by Gasteiger charge is 2.13. The van der Waals surface area contributed by atoms with E-state index in [0.717, 1.165) is 0 Å². The molecule has 8 heteroatoms. The molecule has 0 unspecified atom stereocenters. The molecule has 2 heterocycles. The van der Waals surface area contributed by atoms with E-state index in [-0.39, 0.29) is 5.69 Å². The summed E-state index contributed by atoms with van der Waals surface area (Å²) >= 11 is 3.33. The monoisotopic (exact) mass is 337 g/mol. The van der Waals surface area contributed by atoms with Gasteiger partial charge in [0.2, 0.25) is 5.95 Å². The predicted octanol–water partition coefficient (Wildman–Crippen LogP) is 2.78. The Labute approximate surface area is 121 Å². The average molecular weight is 338 g/mol. The number of fused-ring (bicyclic) bond motifs is 1. The average Bonchev–Trinajstić information content (AvgIpc) is 2.94. The molecule has 0 radical (unpaired) electrons. The predicted molar refractivity (Wildman–Crippen MR) is 74.7 cm³/mol. The van der Waals surface area contributed by atoms with Crippen molar-refractivity contribution >= 4 is 33.2 Å². The molecule has 0 spiro atoms. The molecule has 0 aliphatic carbocycles. The number of hydrogen-bond acceptors (Lipinski definition) is 5. The molecule has 1 N–H and O–H groups in total. The van der Waals surface area contributed by atoms with Gasteiger partial charge in [-0.25, -0.2) is 13.8 Å². The van der Waals surface area contributed by atoms with Crippen molar-refractivity contribution < 1.29 is 9.13 Å². The molecular weight excluding hydrogens is 329 g/mol. The Morgan fingerprint density at radius 3 is 3.05 bits per heavy atom. The second-order valence-electron chi connectivity index (χ2n) is 3.90. The van der Waals surface area contributed by atoms with Gasteiger partial charge < -0.3 is 10.1 Å². The normalized spacial score (nSPS) is 10.8. The van der Waals surface area contributed by atoms with Gasteiger partial charge in [0.25, 0.3) is 0 Å². The van der Waals surface area contributed by atoms with Crippen molar-refractivity contribution in [1.82, 2.24) is 19.6 Å². The fraction of sp³-hybridized carbons (Fsp3) is 0.0833. The Morgan fingerprint density at radius 2 is 2.25 bits per heavy atom. The zero-order valence-electron chi connectivity index (χ0n) is 10.3. The van der Waals surface area contributed by atoms with Crippen molar-refractivity contribution in [1.29, 1.82) is 0 Å². The molecule has 6 nitrogen and oxygen atoms in total.